The van der Waals surface area contributed by atoms with Gasteiger partial charge in [0.2, 0.25) is 0 Å². The molecule has 0 bridgehead atoms. The molecular weight excluding hydrogens is 339 g/mol. The number of fused-ring (bicyclic) bond motifs is 1. The third-order valence-electron chi connectivity index (χ3n) is 4.34. The second-order valence-corrected chi connectivity index (χ2v) is 7.27. The minimum atomic E-state index is -4.34. The molecule has 1 aromatic carbocycles. The number of aliphatic hydroxyl groups excluding tert-OH is 1. The van der Waals surface area contributed by atoms with Gasteiger partial charge in [-0.05, 0) is 32.0 Å². The Morgan fingerprint density at radius 1 is 1.25 bits per heavy atom. The molecule has 0 aliphatic carbocycles. The van der Waals surface area contributed by atoms with Crippen LogP contribution in [0, 0.1) is 0 Å². The summed E-state index contributed by atoms with van der Waals surface area (Å²) in [4.78, 5) is 8.91. The number of piperazine rings is 1. The minimum absolute atomic E-state index is 0.126. The van der Waals surface area contributed by atoms with Crippen molar-refractivity contribution < 1.29 is 18.3 Å². The number of anilines is 1. The van der Waals surface area contributed by atoms with Crippen LogP contribution >= 0.6 is 11.3 Å². The highest BCUT2D eigenvalue weighted by molar-refractivity contribution is 7.22. The fraction of sp³-hybridized carbons (Fsp3) is 0.562. The summed E-state index contributed by atoms with van der Waals surface area (Å²) < 4.78 is 39.1. The van der Waals surface area contributed by atoms with E-state index >= 15 is 0 Å². The number of alkyl halides is 3. The monoisotopic (exact) mass is 359 g/mol. The van der Waals surface area contributed by atoms with Gasteiger partial charge in [-0.1, -0.05) is 11.3 Å². The van der Waals surface area contributed by atoms with E-state index in [2.05, 4.69) is 28.6 Å². The van der Waals surface area contributed by atoms with Gasteiger partial charge in [-0.2, -0.15) is 13.2 Å². The van der Waals surface area contributed by atoms with Crippen LogP contribution in [0.3, 0.4) is 0 Å². The van der Waals surface area contributed by atoms with E-state index < -0.39 is 11.7 Å². The van der Waals surface area contributed by atoms with Gasteiger partial charge in [0.05, 0.1) is 22.4 Å². The van der Waals surface area contributed by atoms with Crippen molar-refractivity contribution in [2.45, 2.75) is 32.1 Å². The largest absolute Gasteiger partial charge is 0.416 e. The Balaban J connectivity index is 1.89. The highest BCUT2D eigenvalue weighted by Gasteiger charge is 2.33. The first-order valence-electron chi connectivity index (χ1n) is 7.89. The van der Waals surface area contributed by atoms with Gasteiger partial charge in [-0.25, -0.2) is 4.98 Å². The molecule has 0 spiro atoms. The Hall–Kier alpha value is -1.38. The molecule has 2 aromatic rings. The molecule has 1 aliphatic heterocycles. The van der Waals surface area contributed by atoms with Crippen LogP contribution < -0.4 is 4.90 Å². The molecule has 4 nitrogen and oxygen atoms in total. The average Bonchev–Trinajstić information content (AvgIpc) is 2.88. The summed E-state index contributed by atoms with van der Waals surface area (Å²) in [7, 11) is 0. The Bertz CT molecular complexity index is 706. The Kier molecular flexibility index (Phi) is 4.72. The SMILES string of the molecule is C[C@@H]1CN(CCO)C[C@H](C)N1c1nc2ccc(C(F)(F)F)cc2s1. The molecule has 1 saturated heterocycles. The predicted octanol–water partition coefficient (Wildman–Crippen LogP) is 3.21. The molecule has 3 rings (SSSR count). The lowest BCUT2D eigenvalue weighted by molar-refractivity contribution is -0.137. The van der Waals surface area contributed by atoms with E-state index in [1.807, 2.05) is 0 Å². The number of nitrogens with zero attached hydrogens (tertiary/aromatic N) is 3. The van der Waals surface area contributed by atoms with Crippen molar-refractivity contribution in [1.29, 1.82) is 0 Å². The Morgan fingerprint density at radius 3 is 2.50 bits per heavy atom. The molecule has 132 valence electrons. The molecule has 2 heterocycles. The molecule has 1 aromatic heterocycles. The number of β-amino-alcohol motifs (C(OH)–C–C–N with tert-alkyl or cyclic N) is 1. The molecule has 0 radical (unpaired) electrons. The van der Waals surface area contributed by atoms with Gasteiger partial charge in [0.1, 0.15) is 0 Å². The quantitative estimate of drug-likeness (QED) is 0.914. The van der Waals surface area contributed by atoms with Crippen LogP contribution in [0.2, 0.25) is 0 Å². The van der Waals surface area contributed by atoms with Crippen molar-refractivity contribution in [1.82, 2.24) is 9.88 Å². The number of benzene rings is 1. The maximum atomic E-state index is 12.9. The van der Waals surface area contributed by atoms with E-state index in [9.17, 15) is 13.2 Å². The van der Waals surface area contributed by atoms with Crippen LogP contribution in [0.25, 0.3) is 10.2 Å². The second kappa shape index (κ2) is 6.50. The Labute approximate surface area is 142 Å². The number of thiazole rings is 1. The summed E-state index contributed by atoms with van der Waals surface area (Å²) in [5.41, 5.74) is -0.0424. The van der Waals surface area contributed by atoms with E-state index in [0.717, 1.165) is 24.3 Å². The van der Waals surface area contributed by atoms with E-state index in [1.54, 1.807) is 0 Å². The zero-order valence-corrected chi connectivity index (χ0v) is 14.4. The summed E-state index contributed by atoms with van der Waals surface area (Å²) in [5, 5.41) is 9.86. The van der Waals surface area contributed by atoms with Gasteiger partial charge in [0.15, 0.2) is 5.13 Å². The van der Waals surface area contributed by atoms with Crippen LogP contribution in [-0.4, -0.2) is 53.3 Å². The first-order chi connectivity index (χ1) is 11.3. The van der Waals surface area contributed by atoms with Crippen LogP contribution in [0.5, 0.6) is 0 Å². The maximum absolute atomic E-state index is 12.9. The molecule has 1 fully saturated rings. The first kappa shape index (κ1) is 17.4. The summed E-state index contributed by atoms with van der Waals surface area (Å²) in [6.45, 7) is 6.52. The van der Waals surface area contributed by atoms with Crippen molar-refractivity contribution in [2.24, 2.45) is 0 Å². The van der Waals surface area contributed by atoms with Crippen LogP contribution in [-0.2, 0) is 6.18 Å². The standard InChI is InChI=1S/C16H20F3N3OS/c1-10-8-21(5-6-23)9-11(2)22(10)15-20-13-4-3-12(16(17,18)19)7-14(13)24-15/h3-4,7,10-11,23H,5-6,8-9H2,1-2H3/t10-,11+. The summed E-state index contributed by atoms with van der Waals surface area (Å²) >= 11 is 1.30. The van der Waals surface area contributed by atoms with Gasteiger partial charge >= 0.3 is 6.18 Å². The van der Waals surface area contributed by atoms with Gasteiger partial charge in [-0.3, -0.25) is 4.90 Å². The summed E-state index contributed by atoms with van der Waals surface area (Å²) in [6, 6.07) is 4.06. The van der Waals surface area contributed by atoms with Gasteiger partial charge in [0, 0.05) is 31.7 Å². The van der Waals surface area contributed by atoms with Crippen molar-refractivity contribution in [3.63, 3.8) is 0 Å². The van der Waals surface area contributed by atoms with E-state index in [1.165, 1.54) is 23.5 Å². The highest BCUT2D eigenvalue weighted by atomic mass is 32.1. The van der Waals surface area contributed by atoms with Crippen molar-refractivity contribution in [3.05, 3.63) is 23.8 Å². The molecule has 2 atom stereocenters. The topological polar surface area (TPSA) is 39.6 Å². The van der Waals surface area contributed by atoms with Gasteiger partial charge in [0.25, 0.3) is 0 Å². The maximum Gasteiger partial charge on any atom is 0.416 e. The lowest BCUT2D eigenvalue weighted by atomic mass is 10.1. The lowest BCUT2D eigenvalue weighted by Gasteiger charge is -2.44. The molecule has 24 heavy (non-hydrogen) atoms. The van der Waals surface area contributed by atoms with Crippen LogP contribution in [0.15, 0.2) is 18.2 Å². The predicted molar refractivity (Wildman–Crippen MR) is 89.6 cm³/mol. The number of hydrogen-bond donors (Lipinski definition) is 1. The number of hydrogen-bond acceptors (Lipinski definition) is 5. The normalized spacial score (nSPS) is 23.2. The lowest BCUT2D eigenvalue weighted by Crippen LogP contribution is -2.57. The number of aliphatic hydroxyl groups is 1. The molecule has 0 unspecified atom stereocenters. The van der Waals surface area contributed by atoms with Crippen molar-refractivity contribution in [3.8, 4) is 0 Å². The third-order valence-corrected chi connectivity index (χ3v) is 5.37. The number of rotatable bonds is 3. The molecule has 1 aliphatic rings. The first-order valence-corrected chi connectivity index (χ1v) is 8.70. The molecule has 0 saturated carbocycles. The van der Waals surface area contributed by atoms with Gasteiger partial charge in [-0.15, -0.1) is 0 Å². The summed E-state index contributed by atoms with van der Waals surface area (Å²) in [6.07, 6.45) is -4.34. The second-order valence-electron chi connectivity index (χ2n) is 6.27. The van der Waals surface area contributed by atoms with Crippen molar-refractivity contribution >= 4 is 26.7 Å². The smallest absolute Gasteiger partial charge is 0.395 e. The number of aromatic nitrogens is 1. The zero-order chi connectivity index (χ0) is 17.5. The Morgan fingerprint density at radius 2 is 1.92 bits per heavy atom. The number of halogens is 3. The summed E-state index contributed by atoms with van der Waals surface area (Å²) in [5.74, 6) is 0. The molecule has 0 amide bonds. The zero-order valence-electron chi connectivity index (χ0n) is 13.5. The molecular formula is C16H20F3N3OS. The van der Waals surface area contributed by atoms with E-state index in [-0.39, 0.29) is 18.7 Å². The van der Waals surface area contributed by atoms with Crippen molar-refractivity contribution in [2.75, 3.05) is 31.1 Å². The molecule has 8 heteroatoms. The van der Waals surface area contributed by atoms with E-state index in [4.69, 9.17) is 5.11 Å². The minimum Gasteiger partial charge on any atom is -0.395 e. The van der Waals surface area contributed by atoms with E-state index in [0.29, 0.717) is 16.8 Å². The fourth-order valence-corrected chi connectivity index (χ4v) is 4.54. The van der Waals surface area contributed by atoms with Crippen LogP contribution in [0.4, 0.5) is 18.3 Å². The van der Waals surface area contributed by atoms with Crippen LogP contribution in [0.1, 0.15) is 19.4 Å². The fourth-order valence-electron chi connectivity index (χ4n) is 3.33. The molecule has 1 N–H and O–H groups in total. The highest BCUT2D eigenvalue weighted by Crippen LogP contribution is 2.37. The average molecular weight is 359 g/mol. The third kappa shape index (κ3) is 3.36. The van der Waals surface area contributed by atoms with Gasteiger partial charge < -0.3 is 10.0 Å².